The van der Waals surface area contributed by atoms with Crippen LogP contribution in [0, 0.1) is 6.92 Å². The second kappa shape index (κ2) is 7.53. The molecule has 154 valence electrons. The molecular formula is C23H22N2O5. The quantitative estimate of drug-likeness (QED) is 0.467. The van der Waals surface area contributed by atoms with E-state index in [9.17, 15) is 24.9 Å². The Labute approximate surface area is 173 Å². The highest BCUT2D eigenvalue weighted by atomic mass is 16.3. The average molecular weight is 406 g/mol. The molecule has 0 atom stereocenters. The summed E-state index contributed by atoms with van der Waals surface area (Å²) in [4.78, 5) is 27.7. The van der Waals surface area contributed by atoms with Gasteiger partial charge in [-0.2, -0.15) is 0 Å². The molecule has 3 aromatic carbocycles. The smallest absolute Gasteiger partial charge is 0.265 e. The second-order valence-electron chi connectivity index (χ2n) is 7.55. The summed E-state index contributed by atoms with van der Waals surface area (Å²) in [7, 11) is 0. The number of amides is 2. The van der Waals surface area contributed by atoms with Crippen LogP contribution in [0.3, 0.4) is 0 Å². The zero-order valence-corrected chi connectivity index (χ0v) is 16.4. The number of imide groups is 1. The Morgan fingerprint density at radius 3 is 2.13 bits per heavy atom. The van der Waals surface area contributed by atoms with Gasteiger partial charge in [0, 0.05) is 27.6 Å². The molecule has 3 aromatic rings. The molecule has 30 heavy (non-hydrogen) atoms. The van der Waals surface area contributed by atoms with Gasteiger partial charge in [0.25, 0.3) is 11.8 Å². The van der Waals surface area contributed by atoms with E-state index in [1.807, 2.05) is 13.0 Å². The largest absolute Gasteiger partial charge is 0.394 e. The maximum absolute atomic E-state index is 13.3. The number of hydrogen-bond acceptors (Lipinski definition) is 6. The van der Waals surface area contributed by atoms with Gasteiger partial charge in [0.15, 0.2) is 0 Å². The Morgan fingerprint density at radius 2 is 1.50 bits per heavy atom. The summed E-state index contributed by atoms with van der Waals surface area (Å²) < 4.78 is 0. The van der Waals surface area contributed by atoms with E-state index in [1.54, 1.807) is 48.5 Å². The summed E-state index contributed by atoms with van der Waals surface area (Å²) in [5.41, 5.74) is 1.37. The Balaban J connectivity index is 1.87. The number of rotatable bonds is 6. The van der Waals surface area contributed by atoms with Gasteiger partial charge >= 0.3 is 0 Å². The Hall–Kier alpha value is -3.26. The molecule has 0 saturated heterocycles. The fraction of sp³-hybridized carbons (Fsp3) is 0.217. The lowest BCUT2D eigenvalue weighted by atomic mass is 9.91. The Bertz CT molecular complexity index is 1120. The SMILES string of the molecule is Cc1cccc(N2C(=O)c3cccc4c(NC(CO)(CO)CO)ccc(c34)C2=O)c1. The lowest BCUT2D eigenvalue weighted by Gasteiger charge is -2.32. The fourth-order valence-corrected chi connectivity index (χ4v) is 3.76. The van der Waals surface area contributed by atoms with Crippen molar-refractivity contribution in [1.82, 2.24) is 0 Å². The van der Waals surface area contributed by atoms with Gasteiger partial charge < -0.3 is 20.6 Å². The number of carbonyl (C=O) groups is 2. The van der Waals surface area contributed by atoms with E-state index in [2.05, 4.69) is 5.32 Å². The minimum atomic E-state index is -1.34. The van der Waals surface area contributed by atoms with Crippen molar-refractivity contribution in [2.45, 2.75) is 12.5 Å². The normalized spacial score (nSPS) is 13.8. The van der Waals surface area contributed by atoms with E-state index in [0.717, 1.165) is 5.56 Å². The summed E-state index contributed by atoms with van der Waals surface area (Å²) in [6.45, 7) is 0.399. The minimum absolute atomic E-state index is 0.384. The van der Waals surface area contributed by atoms with Crippen molar-refractivity contribution in [3.05, 3.63) is 71.3 Å². The molecule has 0 radical (unpaired) electrons. The summed E-state index contributed by atoms with van der Waals surface area (Å²) in [5, 5.41) is 33.0. The van der Waals surface area contributed by atoms with Crippen molar-refractivity contribution in [3.63, 3.8) is 0 Å². The maximum atomic E-state index is 13.3. The molecule has 7 nitrogen and oxygen atoms in total. The van der Waals surface area contributed by atoms with Crippen LogP contribution in [0.4, 0.5) is 11.4 Å². The monoisotopic (exact) mass is 406 g/mol. The zero-order chi connectivity index (χ0) is 21.5. The molecule has 0 saturated carbocycles. The van der Waals surface area contributed by atoms with E-state index < -0.39 is 37.2 Å². The van der Waals surface area contributed by atoms with E-state index in [-0.39, 0.29) is 0 Å². The minimum Gasteiger partial charge on any atom is -0.394 e. The van der Waals surface area contributed by atoms with Crippen LogP contribution in [0.1, 0.15) is 26.3 Å². The number of anilines is 2. The third kappa shape index (κ3) is 3.04. The molecule has 1 aliphatic heterocycles. The lowest BCUT2D eigenvalue weighted by Crippen LogP contribution is -2.49. The highest BCUT2D eigenvalue weighted by Gasteiger charge is 2.35. The van der Waals surface area contributed by atoms with Crippen LogP contribution in [-0.2, 0) is 0 Å². The average Bonchev–Trinajstić information content (AvgIpc) is 2.76. The number of hydrogen-bond donors (Lipinski definition) is 4. The molecule has 7 heteroatoms. The van der Waals surface area contributed by atoms with Crippen LogP contribution in [-0.4, -0.2) is 52.5 Å². The number of aliphatic hydroxyl groups is 3. The van der Waals surface area contributed by atoms with E-state index in [0.29, 0.717) is 33.3 Å². The van der Waals surface area contributed by atoms with Gasteiger partial charge in [0.1, 0.15) is 5.54 Å². The summed E-state index contributed by atoms with van der Waals surface area (Å²) in [5.74, 6) is -0.836. The third-order valence-electron chi connectivity index (χ3n) is 5.48. The molecular weight excluding hydrogens is 384 g/mol. The van der Waals surface area contributed by atoms with Gasteiger partial charge in [0.05, 0.1) is 25.5 Å². The van der Waals surface area contributed by atoms with Crippen LogP contribution >= 0.6 is 0 Å². The topological polar surface area (TPSA) is 110 Å². The van der Waals surface area contributed by atoms with Crippen LogP contribution in [0.15, 0.2) is 54.6 Å². The van der Waals surface area contributed by atoms with Gasteiger partial charge in [-0.25, -0.2) is 4.90 Å². The molecule has 4 rings (SSSR count). The summed E-state index contributed by atoms with van der Waals surface area (Å²) in [6.07, 6.45) is 0. The van der Waals surface area contributed by atoms with Crippen molar-refractivity contribution in [1.29, 1.82) is 0 Å². The van der Waals surface area contributed by atoms with Crippen molar-refractivity contribution in [3.8, 4) is 0 Å². The molecule has 0 fully saturated rings. The van der Waals surface area contributed by atoms with Gasteiger partial charge in [0.2, 0.25) is 0 Å². The number of nitrogens with one attached hydrogen (secondary N) is 1. The van der Waals surface area contributed by atoms with Crippen LogP contribution in [0.5, 0.6) is 0 Å². The molecule has 1 heterocycles. The molecule has 2 amide bonds. The van der Waals surface area contributed by atoms with Gasteiger partial charge in [-0.1, -0.05) is 24.3 Å². The molecule has 1 aliphatic rings. The molecule has 0 aromatic heterocycles. The van der Waals surface area contributed by atoms with Gasteiger partial charge in [-0.05, 0) is 42.8 Å². The third-order valence-corrected chi connectivity index (χ3v) is 5.48. The molecule has 0 bridgehead atoms. The zero-order valence-electron chi connectivity index (χ0n) is 16.4. The first kappa shape index (κ1) is 20.0. The van der Waals surface area contributed by atoms with Gasteiger partial charge in [-0.15, -0.1) is 0 Å². The fourth-order valence-electron chi connectivity index (χ4n) is 3.76. The maximum Gasteiger partial charge on any atom is 0.265 e. The van der Waals surface area contributed by atoms with Crippen LogP contribution in [0.2, 0.25) is 0 Å². The van der Waals surface area contributed by atoms with E-state index in [1.165, 1.54) is 4.90 Å². The standard InChI is InChI=1S/C23H22N2O5/c1-14-4-2-5-15(10-14)25-21(29)17-7-3-6-16-19(24-23(11-26,12-27)13-28)9-8-18(20(16)17)22(25)30/h2-10,24,26-28H,11-13H2,1H3. The summed E-state index contributed by atoms with van der Waals surface area (Å²) >= 11 is 0. The lowest BCUT2D eigenvalue weighted by molar-refractivity contribution is 0.0833. The number of benzene rings is 3. The van der Waals surface area contributed by atoms with Crippen molar-refractivity contribution in [2.75, 3.05) is 30.0 Å². The van der Waals surface area contributed by atoms with Crippen LogP contribution in [0.25, 0.3) is 10.8 Å². The molecule has 0 spiro atoms. The molecule has 0 unspecified atom stereocenters. The van der Waals surface area contributed by atoms with E-state index in [4.69, 9.17) is 0 Å². The number of nitrogens with zero attached hydrogens (tertiary/aromatic N) is 1. The van der Waals surface area contributed by atoms with Crippen molar-refractivity contribution >= 4 is 34.0 Å². The summed E-state index contributed by atoms with van der Waals surface area (Å²) in [6, 6.07) is 15.6. The first-order valence-electron chi connectivity index (χ1n) is 9.56. The number of carbonyl (C=O) groups excluding carboxylic acids is 2. The van der Waals surface area contributed by atoms with Crippen molar-refractivity contribution < 1.29 is 24.9 Å². The van der Waals surface area contributed by atoms with Gasteiger partial charge in [-0.3, -0.25) is 9.59 Å². The Kier molecular flexibility index (Phi) is 5.03. The highest BCUT2D eigenvalue weighted by Crippen LogP contribution is 2.37. The predicted octanol–water partition coefficient (Wildman–Crippen LogP) is 2.08. The van der Waals surface area contributed by atoms with Crippen LogP contribution < -0.4 is 10.2 Å². The van der Waals surface area contributed by atoms with E-state index >= 15 is 0 Å². The highest BCUT2D eigenvalue weighted by molar-refractivity contribution is 6.36. The first-order chi connectivity index (χ1) is 14.4. The molecule has 4 N–H and O–H groups in total. The second-order valence-corrected chi connectivity index (χ2v) is 7.55. The predicted molar refractivity (Wildman–Crippen MR) is 114 cm³/mol. The number of aliphatic hydroxyl groups excluding tert-OH is 3. The number of aryl methyl sites for hydroxylation is 1. The van der Waals surface area contributed by atoms with Crippen molar-refractivity contribution in [2.24, 2.45) is 0 Å². The first-order valence-corrected chi connectivity index (χ1v) is 9.56. The molecule has 0 aliphatic carbocycles. The Morgan fingerprint density at radius 1 is 0.867 bits per heavy atom.